The van der Waals surface area contributed by atoms with Gasteiger partial charge < -0.3 is 49.2 Å². The number of nitrogens with two attached hydrogens (primary N) is 1. The highest BCUT2D eigenvalue weighted by molar-refractivity contribution is 7.46. The number of allylic oxidation sites excluding steroid dienone is 1. The van der Waals surface area contributed by atoms with E-state index in [-0.39, 0.29) is 30.7 Å². The third-order valence-electron chi connectivity index (χ3n) is 4.78. The summed E-state index contributed by atoms with van der Waals surface area (Å²) in [5, 5.41) is 29.2. The normalized spacial score (nSPS) is 32.5. The van der Waals surface area contributed by atoms with Gasteiger partial charge in [-0.25, -0.2) is 4.79 Å². The first-order chi connectivity index (χ1) is 15.6. The number of hydrogen-bond acceptors (Lipinski definition) is 13. The smallest absolute Gasteiger partial charge is 0.351 e. The Balaban J connectivity index is 1.57. The van der Waals surface area contributed by atoms with Crippen molar-refractivity contribution >= 4 is 13.6 Å². The fraction of sp³-hybridized carbons (Fsp3) is 0.556. The summed E-state index contributed by atoms with van der Waals surface area (Å²) >= 11 is 0. The van der Waals surface area contributed by atoms with Crippen LogP contribution in [0.5, 0.6) is 0 Å². The van der Waals surface area contributed by atoms with Gasteiger partial charge in [-0.1, -0.05) is 13.0 Å². The van der Waals surface area contributed by atoms with Crippen LogP contribution >= 0.6 is 7.82 Å². The molecular weight excluding hydrogens is 465 g/mol. The third-order valence-corrected chi connectivity index (χ3v) is 5.61. The van der Waals surface area contributed by atoms with E-state index in [2.05, 4.69) is 9.51 Å². The summed E-state index contributed by atoms with van der Waals surface area (Å²) in [4.78, 5) is 27.5. The number of nitrogen functional groups attached to an aromatic ring is 1. The minimum atomic E-state index is -4.91. The van der Waals surface area contributed by atoms with Crippen molar-refractivity contribution in [3.63, 3.8) is 0 Å². The van der Waals surface area contributed by atoms with Crippen molar-refractivity contribution in [3.05, 3.63) is 46.9 Å². The number of hydrogen-bond donors (Lipinski definition) is 4. The summed E-state index contributed by atoms with van der Waals surface area (Å²) in [6, 6.07) is 1.29. The zero-order chi connectivity index (χ0) is 24.2. The van der Waals surface area contributed by atoms with Gasteiger partial charge in [-0.15, -0.1) is 0 Å². The average molecular weight is 490 g/mol. The van der Waals surface area contributed by atoms with Crippen LogP contribution in [0.25, 0.3) is 0 Å². The molecule has 14 nitrogen and oxygen atoms in total. The predicted octanol–water partition coefficient (Wildman–Crippen LogP) is -1.65. The molecule has 2 aliphatic rings. The summed E-state index contributed by atoms with van der Waals surface area (Å²) in [7, 11) is -4.91. The fourth-order valence-corrected chi connectivity index (χ4v) is 3.69. The van der Waals surface area contributed by atoms with Crippen LogP contribution in [0.4, 0.5) is 5.82 Å². The van der Waals surface area contributed by atoms with E-state index >= 15 is 0 Å². The van der Waals surface area contributed by atoms with Crippen LogP contribution in [0.1, 0.15) is 13.2 Å². The van der Waals surface area contributed by atoms with Crippen LogP contribution in [0.15, 0.2) is 41.2 Å². The molecule has 3 rings (SSSR count). The van der Waals surface area contributed by atoms with Crippen molar-refractivity contribution in [2.45, 2.75) is 37.8 Å². The van der Waals surface area contributed by atoms with Crippen molar-refractivity contribution in [2.75, 3.05) is 25.6 Å². The molecule has 0 bridgehead atoms. The highest BCUT2D eigenvalue weighted by Crippen LogP contribution is 2.41. The molecule has 3 unspecified atom stereocenters. The second kappa shape index (κ2) is 10.8. The van der Waals surface area contributed by atoms with Gasteiger partial charge in [0, 0.05) is 12.1 Å². The summed E-state index contributed by atoms with van der Waals surface area (Å²) in [5.41, 5.74) is 4.59. The molecule has 0 aromatic carbocycles. The summed E-state index contributed by atoms with van der Waals surface area (Å²) in [6.07, 6.45) is -1.29. The minimum Gasteiger partial charge on any atom is -0.746 e. The van der Waals surface area contributed by atoms with E-state index in [1.807, 2.05) is 0 Å². The molecule has 7 atom stereocenters. The standard InChI is InChI=1S/C18H26N3O11P/c1-10-2-3-11(31-17(10)28-7-6-22)8-29-33(26,27)30-9-12-14(23)15(24)16(32-12)21-5-4-13(19)20-18(21)25/h2-5,8,10,12,14-17,22-24H,6-7,9H2,1H3,(H,26,27)(H2,19,20,25)/p-1/b11-8-/t10-,12-,14+,15?,16-,17?/m1/s1. The van der Waals surface area contributed by atoms with Gasteiger partial charge in [-0.2, -0.15) is 4.98 Å². The molecule has 5 N–H and O–H groups in total. The molecule has 0 radical (unpaired) electrons. The maximum absolute atomic E-state index is 12.1. The van der Waals surface area contributed by atoms with E-state index in [1.54, 1.807) is 13.0 Å². The van der Waals surface area contributed by atoms with Gasteiger partial charge in [0.15, 0.2) is 12.0 Å². The van der Waals surface area contributed by atoms with Gasteiger partial charge in [-0.3, -0.25) is 9.13 Å². The first-order valence-electron chi connectivity index (χ1n) is 9.89. The van der Waals surface area contributed by atoms with Crippen LogP contribution in [-0.2, 0) is 27.8 Å². The average Bonchev–Trinajstić information content (AvgIpc) is 3.05. The lowest BCUT2D eigenvalue weighted by Crippen LogP contribution is -2.36. The van der Waals surface area contributed by atoms with Crippen molar-refractivity contribution in [2.24, 2.45) is 5.92 Å². The van der Waals surface area contributed by atoms with Gasteiger partial charge in [0.05, 0.1) is 19.8 Å². The van der Waals surface area contributed by atoms with Gasteiger partial charge in [0.25, 0.3) is 0 Å². The first kappa shape index (κ1) is 25.3. The van der Waals surface area contributed by atoms with E-state index in [9.17, 15) is 24.5 Å². The Labute approximate surface area is 188 Å². The van der Waals surface area contributed by atoms with Gasteiger partial charge in [0.2, 0.25) is 6.29 Å². The molecule has 0 aliphatic carbocycles. The SMILES string of the molecule is C[C@@H]1C=C/C(=C/OP(=O)([O-])OC[C@H]2O[C@@H](n3ccc(N)nc3=O)C(O)[C@H]2O)OC1OCCO. The number of rotatable bonds is 9. The number of aliphatic hydroxyl groups excluding tert-OH is 3. The lowest BCUT2D eigenvalue weighted by molar-refractivity contribution is -0.224. The van der Waals surface area contributed by atoms with E-state index in [0.717, 1.165) is 10.8 Å². The molecule has 0 saturated carbocycles. The molecule has 15 heteroatoms. The van der Waals surface area contributed by atoms with Crippen molar-refractivity contribution in [1.29, 1.82) is 0 Å². The van der Waals surface area contributed by atoms with E-state index in [1.165, 1.54) is 18.3 Å². The second-order valence-corrected chi connectivity index (χ2v) is 8.62. The Morgan fingerprint density at radius 3 is 2.85 bits per heavy atom. The summed E-state index contributed by atoms with van der Waals surface area (Å²) in [5.74, 6) is -0.146. The van der Waals surface area contributed by atoms with Crippen LogP contribution < -0.4 is 16.3 Å². The molecule has 2 aliphatic heterocycles. The number of phosphoric acid groups is 1. The van der Waals surface area contributed by atoms with Crippen LogP contribution in [0.3, 0.4) is 0 Å². The lowest BCUT2D eigenvalue weighted by Gasteiger charge is -2.28. The van der Waals surface area contributed by atoms with Gasteiger partial charge in [0.1, 0.15) is 30.4 Å². The summed E-state index contributed by atoms with van der Waals surface area (Å²) in [6.45, 7) is 0.936. The minimum absolute atomic E-state index is 0.0370. The number of anilines is 1. The third kappa shape index (κ3) is 6.40. The molecule has 184 valence electrons. The monoisotopic (exact) mass is 490 g/mol. The molecule has 3 heterocycles. The Morgan fingerprint density at radius 2 is 2.15 bits per heavy atom. The molecule has 1 saturated heterocycles. The number of aliphatic hydroxyl groups is 3. The lowest BCUT2D eigenvalue weighted by atomic mass is 10.1. The molecule has 0 spiro atoms. The molecular formula is C18H25N3O11P-. The Morgan fingerprint density at radius 1 is 1.39 bits per heavy atom. The van der Waals surface area contributed by atoms with Crippen molar-refractivity contribution in [1.82, 2.24) is 9.55 Å². The van der Waals surface area contributed by atoms with Gasteiger partial charge in [-0.05, 0) is 12.1 Å². The molecule has 1 fully saturated rings. The second-order valence-electron chi connectivity index (χ2n) is 7.26. The fourth-order valence-electron chi connectivity index (χ4n) is 3.07. The molecule has 1 aromatic heterocycles. The number of nitrogens with zero attached hydrogens (tertiary/aromatic N) is 2. The van der Waals surface area contributed by atoms with Crippen LogP contribution in [-0.4, -0.2) is 69.3 Å². The Bertz CT molecular complexity index is 984. The zero-order valence-electron chi connectivity index (χ0n) is 17.5. The molecule has 1 aromatic rings. The first-order valence-corrected chi connectivity index (χ1v) is 11.3. The largest absolute Gasteiger partial charge is 0.746 e. The van der Waals surface area contributed by atoms with E-state index in [0.29, 0.717) is 0 Å². The molecule has 33 heavy (non-hydrogen) atoms. The number of ether oxygens (including phenoxy) is 3. The van der Waals surface area contributed by atoms with Gasteiger partial charge >= 0.3 is 13.5 Å². The quantitative estimate of drug-likeness (QED) is 0.226. The zero-order valence-corrected chi connectivity index (χ0v) is 18.4. The van der Waals surface area contributed by atoms with Crippen molar-refractivity contribution in [3.8, 4) is 0 Å². The highest BCUT2D eigenvalue weighted by atomic mass is 31.2. The topological polar surface area (TPSA) is 208 Å². The predicted molar refractivity (Wildman–Crippen MR) is 108 cm³/mol. The van der Waals surface area contributed by atoms with Crippen LogP contribution in [0, 0.1) is 5.92 Å². The highest BCUT2D eigenvalue weighted by Gasteiger charge is 2.44. The number of aromatic nitrogens is 2. The van der Waals surface area contributed by atoms with Crippen molar-refractivity contribution < 1.29 is 48.0 Å². The maximum Gasteiger partial charge on any atom is 0.351 e. The van der Waals surface area contributed by atoms with Crippen LogP contribution in [0.2, 0.25) is 0 Å². The summed E-state index contributed by atoms with van der Waals surface area (Å²) < 4.78 is 38.6. The maximum atomic E-state index is 12.1. The van der Waals surface area contributed by atoms with E-state index < -0.39 is 50.9 Å². The Kier molecular flexibility index (Phi) is 8.26. The van der Waals surface area contributed by atoms with E-state index in [4.69, 9.17) is 29.6 Å². The number of phosphoric ester groups is 1. The Hall–Kier alpha value is -2.29. The molecule has 0 amide bonds.